The van der Waals surface area contributed by atoms with Crippen molar-refractivity contribution in [3.05, 3.63) is 81.9 Å². The van der Waals surface area contributed by atoms with Gasteiger partial charge >= 0.3 is 0 Å². The van der Waals surface area contributed by atoms with Gasteiger partial charge in [0.05, 0.1) is 11.1 Å². The zero-order chi connectivity index (χ0) is 20.4. The predicted octanol–water partition coefficient (Wildman–Crippen LogP) is 3.67. The van der Waals surface area contributed by atoms with Crippen LogP contribution in [0.25, 0.3) is 0 Å². The fraction of sp³-hybridized carbons (Fsp3) is 0.182. The standard InChI is InChI=1S/C22H19N3O3S/c1-14-5-4-6-15(11-14)12-16-13-23-22(29-16)24-19(26)9-10-25-20(27)17-7-2-3-8-18(17)21(25)28/h2-8,11,13H,9-10,12H2,1H3,(H,23,24,26). The molecule has 2 aromatic carbocycles. The third kappa shape index (κ3) is 4.09. The molecule has 3 aromatic rings. The van der Waals surface area contributed by atoms with Gasteiger partial charge in [-0.1, -0.05) is 42.0 Å². The van der Waals surface area contributed by atoms with Crippen molar-refractivity contribution >= 4 is 34.2 Å². The van der Waals surface area contributed by atoms with Crippen molar-refractivity contribution in [2.24, 2.45) is 0 Å². The van der Waals surface area contributed by atoms with Crippen LogP contribution >= 0.6 is 11.3 Å². The fourth-order valence-corrected chi connectivity index (χ4v) is 4.17. The number of amides is 3. The van der Waals surface area contributed by atoms with Gasteiger partial charge in [-0.05, 0) is 24.6 Å². The number of benzene rings is 2. The van der Waals surface area contributed by atoms with E-state index in [0.717, 1.165) is 16.2 Å². The van der Waals surface area contributed by atoms with E-state index in [1.54, 1.807) is 30.5 Å². The topological polar surface area (TPSA) is 79.4 Å². The number of fused-ring (bicyclic) bond motifs is 1. The van der Waals surface area contributed by atoms with E-state index in [0.29, 0.717) is 16.3 Å². The van der Waals surface area contributed by atoms with Crippen molar-refractivity contribution in [3.8, 4) is 0 Å². The molecule has 1 aliphatic rings. The summed E-state index contributed by atoms with van der Waals surface area (Å²) < 4.78 is 0. The summed E-state index contributed by atoms with van der Waals surface area (Å²) in [6, 6.07) is 15.0. The van der Waals surface area contributed by atoms with Crippen LogP contribution in [0.4, 0.5) is 5.13 Å². The lowest BCUT2D eigenvalue weighted by molar-refractivity contribution is -0.116. The molecule has 2 heterocycles. The highest BCUT2D eigenvalue weighted by Crippen LogP contribution is 2.24. The van der Waals surface area contributed by atoms with Crippen LogP contribution in [0.15, 0.2) is 54.7 Å². The van der Waals surface area contributed by atoms with Crippen LogP contribution in [0.2, 0.25) is 0 Å². The smallest absolute Gasteiger partial charge is 0.261 e. The molecule has 29 heavy (non-hydrogen) atoms. The second-order valence-corrected chi connectivity index (χ2v) is 8.02. The molecular weight excluding hydrogens is 386 g/mol. The van der Waals surface area contributed by atoms with Gasteiger partial charge in [-0.15, -0.1) is 11.3 Å². The van der Waals surface area contributed by atoms with Gasteiger partial charge in [0.15, 0.2) is 5.13 Å². The quantitative estimate of drug-likeness (QED) is 0.635. The Morgan fingerprint density at radius 1 is 1.07 bits per heavy atom. The SMILES string of the molecule is Cc1cccc(Cc2cnc(NC(=O)CCN3C(=O)c4ccccc4C3=O)s2)c1. The number of thiazole rings is 1. The van der Waals surface area contributed by atoms with Crippen molar-refractivity contribution in [3.63, 3.8) is 0 Å². The molecule has 0 spiro atoms. The number of hydrogen-bond acceptors (Lipinski definition) is 5. The largest absolute Gasteiger partial charge is 0.302 e. The van der Waals surface area contributed by atoms with Crippen LogP contribution in [0.3, 0.4) is 0 Å². The molecule has 6 nitrogen and oxygen atoms in total. The minimum atomic E-state index is -0.354. The van der Waals surface area contributed by atoms with Gasteiger partial charge in [0.2, 0.25) is 5.91 Å². The summed E-state index contributed by atoms with van der Waals surface area (Å²) in [5, 5.41) is 3.27. The van der Waals surface area contributed by atoms with E-state index in [-0.39, 0.29) is 30.7 Å². The normalized spacial score (nSPS) is 12.9. The Labute approximate surface area is 172 Å². The molecule has 0 aliphatic carbocycles. The van der Waals surface area contributed by atoms with Crippen LogP contribution in [0, 0.1) is 6.92 Å². The number of rotatable bonds is 6. The molecule has 0 saturated carbocycles. The summed E-state index contributed by atoms with van der Waals surface area (Å²) in [6.45, 7) is 2.09. The molecule has 0 unspecified atom stereocenters. The number of nitrogens with one attached hydrogen (secondary N) is 1. The van der Waals surface area contributed by atoms with E-state index in [1.165, 1.54) is 22.5 Å². The summed E-state index contributed by atoms with van der Waals surface area (Å²) in [4.78, 5) is 43.4. The van der Waals surface area contributed by atoms with Gasteiger partial charge in [0.25, 0.3) is 11.8 Å². The van der Waals surface area contributed by atoms with E-state index in [2.05, 4.69) is 35.4 Å². The molecule has 0 bridgehead atoms. The van der Waals surface area contributed by atoms with Crippen molar-refractivity contribution in [2.45, 2.75) is 19.8 Å². The molecule has 3 amide bonds. The Hall–Kier alpha value is -3.32. The first kappa shape index (κ1) is 19.0. The molecule has 7 heteroatoms. The van der Waals surface area contributed by atoms with Crippen molar-refractivity contribution in [2.75, 3.05) is 11.9 Å². The number of hydrogen-bond donors (Lipinski definition) is 1. The maximum atomic E-state index is 12.3. The zero-order valence-electron chi connectivity index (χ0n) is 15.8. The maximum Gasteiger partial charge on any atom is 0.261 e. The number of anilines is 1. The van der Waals surface area contributed by atoms with Gasteiger partial charge in [-0.2, -0.15) is 0 Å². The van der Waals surface area contributed by atoms with Gasteiger partial charge in [0, 0.05) is 30.5 Å². The number of carbonyl (C=O) groups excluding carboxylic acids is 3. The minimum absolute atomic E-state index is 0.0261. The van der Waals surface area contributed by atoms with E-state index < -0.39 is 0 Å². The summed E-state index contributed by atoms with van der Waals surface area (Å²) in [5.74, 6) is -0.987. The fourth-order valence-electron chi connectivity index (χ4n) is 3.31. The molecular formula is C22H19N3O3S. The minimum Gasteiger partial charge on any atom is -0.302 e. The van der Waals surface area contributed by atoms with Gasteiger partial charge in [-0.25, -0.2) is 4.98 Å². The van der Waals surface area contributed by atoms with Crippen LogP contribution < -0.4 is 5.32 Å². The number of imide groups is 1. The Bertz CT molecular complexity index is 1070. The van der Waals surface area contributed by atoms with Crippen molar-refractivity contribution < 1.29 is 14.4 Å². The lowest BCUT2D eigenvalue weighted by Gasteiger charge is -2.12. The Morgan fingerprint density at radius 3 is 2.48 bits per heavy atom. The second-order valence-electron chi connectivity index (χ2n) is 6.90. The lowest BCUT2D eigenvalue weighted by atomic mass is 10.1. The number of aryl methyl sites for hydroxylation is 1. The summed E-state index contributed by atoms with van der Waals surface area (Å²) in [5.41, 5.74) is 3.17. The summed E-state index contributed by atoms with van der Waals surface area (Å²) in [6.07, 6.45) is 2.54. The van der Waals surface area contributed by atoms with E-state index in [1.807, 2.05) is 6.07 Å². The first-order valence-corrected chi connectivity index (χ1v) is 10.1. The van der Waals surface area contributed by atoms with E-state index >= 15 is 0 Å². The average molecular weight is 405 g/mol. The predicted molar refractivity (Wildman–Crippen MR) is 111 cm³/mol. The highest BCUT2D eigenvalue weighted by atomic mass is 32.1. The van der Waals surface area contributed by atoms with Crippen LogP contribution in [0.1, 0.15) is 43.1 Å². The number of aromatic nitrogens is 1. The lowest BCUT2D eigenvalue weighted by Crippen LogP contribution is -2.32. The van der Waals surface area contributed by atoms with E-state index in [9.17, 15) is 14.4 Å². The third-order valence-electron chi connectivity index (χ3n) is 4.70. The van der Waals surface area contributed by atoms with Crippen molar-refractivity contribution in [1.82, 2.24) is 9.88 Å². The van der Waals surface area contributed by atoms with Crippen LogP contribution in [0.5, 0.6) is 0 Å². The molecule has 1 aliphatic heterocycles. The second kappa shape index (κ2) is 7.97. The molecule has 0 saturated heterocycles. The van der Waals surface area contributed by atoms with Crippen LogP contribution in [-0.4, -0.2) is 34.2 Å². The molecule has 1 aromatic heterocycles. The highest BCUT2D eigenvalue weighted by Gasteiger charge is 2.34. The first-order valence-electron chi connectivity index (χ1n) is 9.26. The Morgan fingerprint density at radius 2 is 1.79 bits per heavy atom. The molecule has 0 fully saturated rings. The summed E-state index contributed by atoms with van der Waals surface area (Å²) >= 11 is 1.42. The molecule has 146 valence electrons. The monoisotopic (exact) mass is 405 g/mol. The zero-order valence-corrected chi connectivity index (χ0v) is 16.7. The molecule has 1 N–H and O–H groups in total. The van der Waals surface area contributed by atoms with Crippen molar-refractivity contribution in [1.29, 1.82) is 0 Å². The van der Waals surface area contributed by atoms with Gasteiger partial charge in [0.1, 0.15) is 0 Å². The Balaban J connectivity index is 1.32. The maximum absolute atomic E-state index is 12.3. The van der Waals surface area contributed by atoms with Crippen LogP contribution in [-0.2, 0) is 11.2 Å². The van der Waals surface area contributed by atoms with Gasteiger partial charge in [-0.3, -0.25) is 19.3 Å². The molecule has 0 atom stereocenters. The first-order chi connectivity index (χ1) is 14.0. The number of carbonyl (C=O) groups is 3. The number of nitrogens with zero attached hydrogens (tertiary/aromatic N) is 2. The molecule has 4 rings (SSSR count). The average Bonchev–Trinajstić information content (AvgIpc) is 3.23. The highest BCUT2D eigenvalue weighted by molar-refractivity contribution is 7.15. The molecule has 0 radical (unpaired) electrons. The van der Waals surface area contributed by atoms with E-state index in [4.69, 9.17) is 0 Å². The van der Waals surface area contributed by atoms with Gasteiger partial charge < -0.3 is 5.32 Å². The summed E-state index contributed by atoms with van der Waals surface area (Å²) in [7, 11) is 0. The Kier molecular flexibility index (Phi) is 5.22. The third-order valence-corrected chi connectivity index (χ3v) is 5.61.